The molecule has 0 bridgehead atoms. The summed E-state index contributed by atoms with van der Waals surface area (Å²) in [5, 5.41) is 0.951. The maximum atomic E-state index is 13.0. The van der Waals surface area contributed by atoms with Crippen molar-refractivity contribution in [3.8, 4) is 5.75 Å². The number of fused-ring (bicyclic) bond motifs is 1. The number of para-hydroxylation sites is 2. The van der Waals surface area contributed by atoms with Crippen molar-refractivity contribution in [2.45, 2.75) is 18.6 Å². The molecule has 1 aliphatic rings. The van der Waals surface area contributed by atoms with Crippen molar-refractivity contribution in [1.82, 2.24) is 9.88 Å². The zero-order valence-corrected chi connectivity index (χ0v) is 14.6. The summed E-state index contributed by atoms with van der Waals surface area (Å²) in [5.41, 5.74) is 6.57. The Morgan fingerprint density at radius 2 is 1.74 bits per heavy atom. The Morgan fingerprint density at radius 3 is 2.52 bits per heavy atom. The highest BCUT2D eigenvalue weighted by Gasteiger charge is 2.40. The van der Waals surface area contributed by atoms with Crippen molar-refractivity contribution in [3.63, 3.8) is 0 Å². The minimum Gasteiger partial charge on any atom is -0.488 e. The van der Waals surface area contributed by atoms with Crippen molar-refractivity contribution in [2.75, 3.05) is 6.54 Å². The minimum absolute atomic E-state index is 0.288. The Morgan fingerprint density at radius 1 is 1.00 bits per heavy atom. The van der Waals surface area contributed by atoms with Gasteiger partial charge in [-0.05, 0) is 24.3 Å². The number of aromatic nitrogens is 1. The first kappa shape index (κ1) is 17.0. The molecule has 1 fully saturated rings. The van der Waals surface area contributed by atoms with E-state index in [4.69, 9.17) is 10.5 Å². The normalized spacial score (nSPS) is 19.2. The summed E-state index contributed by atoms with van der Waals surface area (Å²) in [7, 11) is 0. The Bertz CT molecular complexity index is 990. The second-order valence-electron chi connectivity index (χ2n) is 6.55. The van der Waals surface area contributed by atoms with E-state index in [2.05, 4.69) is 4.98 Å². The zero-order valence-electron chi connectivity index (χ0n) is 14.6. The van der Waals surface area contributed by atoms with Crippen LogP contribution in [-0.2, 0) is 4.79 Å². The summed E-state index contributed by atoms with van der Waals surface area (Å²) in [4.78, 5) is 30.8. The first-order valence-electron chi connectivity index (χ1n) is 8.79. The van der Waals surface area contributed by atoms with Gasteiger partial charge in [-0.1, -0.05) is 42.5 Å². The molecule has 0 radical (unpaired) electrons. The van der Waals surface area contributed by atoms with Crippen LogP contribution in [0, 0.1) is 0 Å². The number of hydrogen-bond donors (Lipinski definition) is 1. The molecule has 136 valence electrons. The van der Waals surface area contributed by atoms with Gasteiger partial charge in [-0.2, -0.15) is 0 Å². The van der Waals surface area contributed by atoms with Gasteiger partial charge in [-0.3, -0.25) is 9.59 Å². The third-order valence-corrected chi connectivity index (χ3v) is 4.72. The maximum absolute atomic E-state index is 13.0. The van der Waals surface area contributed by atoms with E-state index in [0.717, 1.165) is 10.9 Å². The van der Waals surface area contributed by atoms with Gasteiger partial charge in [0.05, 0.1) is 12.1 Å². The number of likely N-dealkylation sites (tertiary alicyclic amines) is 1. The molecule has 3 aromatic rings. The molecule has 0 unspecified atom stereocenters. The van der Waals surface area contributed by atoms with E-state index in [1.54, 1.807) is 6.07 Å². The van der Waals surface area contributed by atoms with Crippen molar-refractivity contribution in [3.05, 3.63) is 72.4 Å². The Hall–Kier alpha value is -3.41. The van der Waals surface area contributed by atoms with Crippen molar-refractivity contribution in [1.29, 1.82) is 0 Å². The van der Waals surface area contributed by atoms with Crippen LogP contribution in [0.2, 0.25) is 0 Å². The highest BCUT2D eigenvalue weighted by Crippen LogP contribution is 2.25. The summed E-state index contributed by atoms with van der Waals surface area (Å²) >= 11 is 0. The van der Waals surface area contributed by atoms with E-state index in [0.29, 0.717) is 17.9 Å². The first-order chi connectivity index (χ1) is 13.1. The number of nitrogens with two attached hydrogens (primary N) is 1. The monoisotopic (exact) mass is 361 g/mol. The van der Waals surface area contributed by atoms with Crippen LogP contribution in [0.4, 0.5) is 0 Å². The second-order valence-corrected chi connectivity index (χ2v) is 6.55. The number of nitrogens with zero attached hydrogens (tertiary/aromatic N) is 2. The van der Waals surface area contributed by atoms with Gasteiger partial charge >= 0.3 is 0 Å². The number of benzene rings is 2. The Kier molecular flexibility index (Phi) is 4.46. The number of amides is 2. The number of pyridine rings is 1. The molecule has 2 aromatic carbocycles. The van der Waals surface area contributed by atoms with Crippen LogP contribution in [0.5, 0.6) is 5.75 Å². The molecule has 0 aliphatic carbocycles. The molecule has 6 nitrogen and oxygen atoms in total. The highest BCUT2D eigenvalue weighted by molar-refractivity contribution is 5.98. The van der Waals surface area contributed by atoms with Crippen LogP contribution < -0.4 is 10.5 Å². The molecule has 0 spiro atoms. The van der Waals surface area contributed by atoms with Gasteiger partial charge in [0.25, 0.3) is 5.91 Å². The molecular weight excluding hydrogens is 342 g/mol. The summed E-state index contributed by atoms with van der Waals surface area (Å²) in [6.45, 7) is 0.288. The average molecular weight is 361 g/mol. The number of primary amides is 1. The third-order valence-electron chi connectivity index (χ3n) is 4.72. The molecule has 2 atom stereocenters. The van der Waals surface area contributed by atoms with Crippen molar-refractivity contribution >= 4 is 22.7 Å². The Labute approximate surface area is 156 Å². The van der Waals surface area contributed by atoms with Crippen LogP contribution >= 0.6 is 0 Å². The molecule has 2 heterocycles. The fourth-order valence-corrected chi connectivity index (χ4v) is 3.40. The fraction of sp³-hybridized carbons (Fsp3) is 0.190. The molecular formula is C21H19N3O3. The maximum Gasteiger partial charge on any atom is 0.273 e. The zero-order chi connectivity index (χ0) is 18.8. The van der Waals surface area contributed by atoms with Gasteiger partial charge in [0.1, 0.15) is 23.6 Å². The quantitative estimate of drug-likeness (QED) is 0.773. The van der Waals surface area contributed by atoms with Gasteiger partial charge in [0, 0.05) is 11.8 Å². The van der Waals surface area contributed by atoms with Gasteiger partial charge < -0.3 is 15.4 Å². The molecule has 1 aliphatic heterocycles. The van der Waals surface area contributed by atoms with E-state index in [-0.39, 0.29) is 18.6 Å². The lowest BCUT2D eigenvalue weighted by Gasteiger charge is -2.21. The molecule has 27 heavy (non-hydrogen) atoms. The molecule has 1 saturated heterocycles. The van der Waals surface area contributed by atoms with E-state index in [9.17, 15) is 9.59 Å². The highest BCUT2D eigenvalue weighted by atomic mass is 16.5. The molecule has 2 amide bonds. The first-order valence-corrected chi connectivity index (χ1v) is 8.79. The third kappa shape index (κ3) is 3.46. The SMILES string of the molecule is NC(=O)[C@@H]1C[C@H](Oc2ccccc2)CN1C(=O)c1ccc2ccccc2n1. The Balaban J connectivity index is 1.57. The summed E-state index contributed by atoms with van der Waals surface area (Å²) in [6.07, 6.45) is 0.0677. The van der Waals surface area contributed by atoms with Gasteiger partial charge in [-0.25, -0.2) is 4.98 Å². The van der Waals surface area contributed by atoms with E-state index in [1.165, 1.54) is 4.90 Å². The van der Waals surface area contributed by atoms with Crippen LogP contribution in [0.3, 0.4) is 0 Å². The lowest BCUT2D eigenvalue weighted by atomic mass is 10.1. The lowest BCUT2D eigenvalue weighted by molar-refractivity contribution is -0.121. The standard InChI is InChI=1S/C21H19N3O3/c22-20(25)19-12-16(27-15-7-2-1-3-8-15)13-24(19)21(26)18-11-10-14-6-4-5-9-17(14)23-18/h1-11,16,19H,12-13H2,(H2,22,25)/t16-,19-/m0/s1. The molecule has 1 aromatic heterocycles. The average Bonchev–Trinajstić information content (AvgIpc) is 3.12. The van der Waals surface area contributed by atoms with E-state index < -0.39 is 11.9 Å². The molecule has 0 saturated carbocycles. The second kappa shape index (κ2) is 7.07. The topological polar surface area (TPSA) is 85.5 Å². The summed E-state index contributed by atoms with van der Waals surface area (Å²) in [6, 6.07) is 19.7. The smallest absolute Gasteiger partial charge is 0.273 e. The molecule has 6 heteroatoms. The van der Waals surface area contributed by atoms with Crippen molar-refractivity contribution < 1.29 is 14.3 Å². The van der Waals surface area contributed by atoms with E-state index in [1.807, 2.05) is 60.7 Å². The van der Waals surface area contributed by atoms with Crippen LogP contribution in [0.1, 0.15) is 16.9 Å². The van der Waals surface area contributed by atoms with Crippen molar-refractivity contribution in [2.24, 2.45) is 5.73 Å². The number of hydrogen-bond acceptors (Lipinski definition) is 4. The molecule has 2 N–H and O–H groups in total. The van der Waals surface area contributed by atoms with Crippen LogP contribution in [0.25, 0.3) is 10.9 Å². The fourth-order valence-electron chi connectivity index (χ4n) is 3.40. The van der Waals surface area contributed by atoms with Gasteiger partial charge in [0.2, 0.25) is 5.91 Å². The lowest BCUT2D eigenvalue weighted by Crippen LogP contribution is -2.44. The van der Waals surface area contributed by atoms with Crippen LogP contribution in [-0.4, -0.2) is 40.4 Å². The summed E-state index contributed by atoms with van der Waals surface area (Å²) in [5.74, 6) is -0.157. The number of carbonyl (C=O) groups excluding carboxylic acids is 2. The minimum atomic E-state index is -0.709. The van der Waals surface area contributed by atoms with E-state index >= 15 is 0 Å². The van der Waals surface area contributed by atoms with Gasteiger partial charge in [-0.15, -0.1) is 0 Å². The number of rotatable bonds is 4. The molecule has 4 rings (SSSR count). The summed E-state index contributed by atoms with van der Waals surface area (Å²) < 4.78 is 5.92. The van der Waals surface area contributed by atoms with Crippen LogP contribution in [0.15, 0.2) is 66.7 Å². The largest absolute Gasteiger partial charge is 0.488 e. The number of carbonyl (C=O) groups is 2. The predicted octanol–water partition coefficient (Wildman–Crippen LogP) is 2.38. The number of ether oxygens (including phenoxy) is 1. The van der Waals surface area contributed by atoms with Gasteiger partial charge in [0.15, 0.2) is 0 Å². The predicted molar refractivity (Wildman–Crippen MR) is 101 cm³/mol.